The summed E-state index contributed by atoms with van der Waals surface area (Å²) in [6.45, 7) is 2.62. The number of hydrogen-bond donors (Lipinski definition) is 0. The van der Waals surface area contributed by atoms with Crippen molar-refractivity contribution in [3.05, 3.63) is 42.2 Å². The fourth-order valence-electron chi connectivity index (χ4n) is 2.24. The van der Waals surface area contributed by atoms with Gasteiger partial charge in [0.15, 0.2) is 5.75 Å². The van der Waals surface area contributed by atoms with Crippen LogP contribution >= 0.6 is 0 Å². The molecule has 1 aliphatic carbocycles. The van der Waals surface area contributed by atoms with E-state index in [1.54, 1.807) is 10.9 Å². The van der Waals surface area contributed by atoms with Crippen molar-refractivity contribution >= 4 is 5.97 Å². The highest BCUT2D eigenvalue weighted by molar-refractivity contribution is 5.90. The van der Waals surface area contributed by atoms with Crippen LogP contribution in [0, 0.1) is 11.8 Å². The lowest BCUT2D eigenvalue weighted by atomic mass is 10.3. The Labute approximate surface area is 123 Å². The molecule has 0 bridgehead atoms. The Bertz CT molecular complexity index is 636. The van der Waals surface area contributed by atoms with Crippen molar-refractivity contribution in [2.75, 3.05) is 13.7 Å². The molecule has 110 valence electrons. The van der Waals surface area contributed by atoms with E-state index in [4.69, 9.17) is 9.47 Å². The first kappa shape index (κ1) is 13.7. The standard InChI is InChI=1S/C16H18N2O3/c1-11-8-12(11)10-21-16(19)15-14(20-2)9-18(17-15)13-6-4-3-5-7-13/h3-7,9,11-12H,8,10H2,1-2H3/t11-,12+/m1/s1. The predicted octanol–water partition coefficient (Wildman–Crippen LogP) is 2.69. The highest BCUT2D eigenvalue weighted by Gasteiger charge is 2.34. The molecular formula is C16H18N2O3. The largest absolute Gasteiger partial charge is 0.493 e. The maximum absolute atomic E-state index is 12.1. The van der Waals surface area contributed by atoms with Crippen molar-refractivity contribution in [3.63, 3.8) is 0 Å². The number of rotatable bonds is 5. The van der Waals surface area contributed by atoms with Crippen molar-refractivity contribution in [2.45, 2.75) is 13.3 Å². The number of para-hydroxylation sites is 1. The highest BCUT2D eigenvalue weighted by Crippen LogP contribution is 2.37. The van der Waals surface area contributed by atoms with Gasteiger partial charge in [-0.1, -0.05) is 25.1 Å². The topological polar surface area (TPSA) is 53.4 Å². The number of esters is 1. The summed E-state index contributed by atoms with van der Waals surface area (Å²) in [4.78, 5) is 12.1. The van der Waals surface area contributed by atoms with Gasteiger partial charge in [-0.05, 0) is 30.4 Å². The average Bonchev–Trinajstić information content (AvgIpc) is 3.05. The Hall–Kier alpha value is -2.30. The van der Waals surface area contributed by atoms with Crippen molar-refractivity contribution in [2.24, 2.45) is 11.8 Å². The number of aromatic nitrogens is 2. The van der Waals surface area contributed by atoms with E-state index in [1.165, 1.54) is 7.11 Å². The van der Waals surface area contributed by atoms with Crippen LogP contribution in [0.4, 0.5) is 0 Å². The van der Waals surface area contributed by atoms with Crippen molar-refractivity contribution in [1.82, 2.24) is 9.78 Å². The molecule has 1 fully saturated rings. The van der Waals surface area contributed by atoms with E-state index in [-0.39, 0.29) is 5.69 Å². The van der Waals surface area contributed by atoms with Gasteiger partial charge in [0.2, 0.25) is 5.69 Å². The summed E-state index contributed by atoms with van der Waals surface area (Å²) in [5.41, 5.74) is 1.08. The molecule has 1 aliphatic rings. The van der Waals surface area contributed by atoms with Gasteiger partial charge in [0.1, 0.15) is 0 Å². The number of ether oxygens (including phenoxy) is 2. The number of methoxy groups -OCH3 is 1. The summed E-state index contributed by atoms with van der Waals surface area (Å²) in [5, 5.41) is 4.29. The van der Waals surface area contributed by atoms with E-state index >= 15 is 0 Å². The van der Waals surface area contributed by atoms with Crippen molar-refractivity contribution in [3.8, 4) is 11.4 Å². The number of hydrogen-bond acceptors (Lipinski definition) is 4. The van der Waals surface area contributed by atoms with Crippen LogP contribution in [0.1, 0.15) is 23.8 Å². The smallest absolute Gasteiger partial charge is 0.362 e. The van der Waals surface area contributed by atoms with E-state index in [2.05, 4.69) is 12.0 Å². The molecule has 1 heterocycles. The Morgan fingerprint density at radius 1 is 1.38 bits per heavy atom. The van der Waals surface area contributed by atoms with Crippen LogP contribution in [-0.4, -0.2) is 29.5 Å². The minimum absolute atomic E-state index is 0.217. The highest BCUT2D eigenvalue weighted by atomic mass is 16.5. The first-order valence-electron chi connectivity index (χ1n) is 7.05. The molecule has 1 aromatic carbocycles. The van der Waals surface area contributed by atoms with E-state index in [0.717, 1.165) is 12.1 Å². The zero-order valence-corrected chi connectivity index (χ0v) is 12.2. The second-order valence-corrected chi connectivity index (χ2v) is 5.40. The minimum atomic E-state index is -0.430. The Morgan fingerprint density at radius 3 is 2.71 bits per heavy atom. The molecule has 0 saturated heterocycles. The van der Waals surface area contributed by atoms with Crippen LogP contribution in [0.5, 0.6) is 5.75 Å². The van der Waals surface area contributed by atoms with Crippen LogP contribution in [0.2, 0.25) is 0 Å². The second-order valence-electron chi connectivity index (χ2n) is 5.40. The summed E-state index contributed by atoms with van der Waals surface area (Å²) in [7, 11) is 1.52. The van der Waals surface area contributed by atoms with Gasteiger partial charge in [-0.25, -0.2) is 9.48 Å². The van der Waals surface area contributed by atoms with Gasteiger partial charge in [0, 0.05) is 0 Å². The molecule has 0 amide bonds. The zero-order valence-electron chi connectivity index (χ0n) is 12.2. The lowest BCUT2D eigenvalue weighted by Crippen LogP contribution is -2.10. The SMILES string of the molecule is COc1cn(-c2ccccc2)nc1C(=O)OC[C@@H]1C[C@H]1C. The third kappa shape index (κ3) is 2.91. The molecule has 21 heavy (non-hydrogen) atoms. The van der Waals surface area contributed by atoms with Gasteiger partial charge in [-0.3, -0.25) is 0 Å². The van der Waals surface area contributed by atoms with E-state index < -0.39 is 5.97 Å². The number of carbonyl (C=O) groups excluding carboxylic acids is 1. The molecule has 5 heteroatoms. The molecule has 5 nitrogen and oxygen atoms in total. The lowest BCUT2D eigenvalue weighted by molar-refractivity contribution is 0.0470. The van der Waals surface area contributed by atoms with Gasteiger partial charge in [0.05, 0.1) is 25.6 Å². The van der Waals surface area contributed by atoms with Gasteiger partial charge < -0.3 is 9.47 Å². The fraction of sp³-hybridized carbons (Fsp3) is 0.375. The molecule has 1 saturated carbocycles. The van der Waals surface area contributed by atoms with Gasteiger partial charge in [-0.15, -0.1) is 0 Å². The molecule has 0 unspecified atom stereocenters. The van der Waals surface area contributed by atoms with Crippen LogP contribution in [0.15, 0.2) is 36.5 Å². The number of carbonyl (C=O) groups is 1. The minimum Gasteiger partial charge on any atom is -0.493 e. The van der Waals surface area contributed by atoms with E-state index in [1.807, 2.05) is 30.3 Å². The third-order valence-corrected chi connectivity index (χ3v) is 3.82. The normalized spacial score (nSPS) is 20.1. The molecule has 2 aromatic rings. The maximum atomic E-state index is 12.1. The quantitative estimate of drug-likeness (QED) is 0.793. The molecule has 0 N–H and O–H groups in total. The Kier molecular flexibility index (Phi) is 3.64. The van der Waals surface area contributed by atoms with Gasteiger partial charge >= 0.3 is 5.97 Å². The third-order valence-electron chi connectivity index (χ3n) is 3.82. The van der Waals surface area contributed by atoms with Crippen molar-refractivity contribution in [1.29, 1.82) is 0 Å². The molecule has 0 radical (unpaired) electrons. The lowest BCUT2D eigenvalue weighted by Gasteiger charge is -2.03. The zero-order chi connectivity index (χ0) is 14.8. The summed E-state index contributed by atoms with van der Waals surface area (Å²) < 4.78 is 12.2. The summed E-state index contributed by atoms with van der Waals surface area (Å²) in [5.74, 6) is 1.14. The van der Waals surface area contributed by atoms with Crippen LogP contribution in [0.3, 0.4) is 0 Å². The molecule has 2 atom stereocenters. The second kappa shape index (κ2) is 5.60. The van der Waals surface area contributed by atoms with Crippen LogP contribution in [-0.2, 0) is 4.74 Å². The monoisotopic (exact) mass is 286 g/mol. The molecule has 0 aliphatic heterocycles. The van der Waals surface area contributed by atoms with Crippen molar-refractivity contribution < 1.29 is 14.3 Å². The molecular weight excluding hydrogens is 268 g/mol. The first-order chi connectivity index (χ1) is 10.2. The van der Waals surface area contributed by atoms with E-state index in [9.17, 15) is 4.79 Å². The van der Waals surface area contributed by atoms with Crippen LogP contribution < -0.4 is 4.74 Å². The molecule has 1 aromatic heterocycles. The fourth-order valence-corrected chi connectivity index (χ4v) is 2.24. The van der Waals surface area contributed by atoms with Gasteiger partial charge in [-0.2, -0.15) is 5.10 Å². The Morgan fingerprint density at radius 2 is 2.10 bits per heavy atom. The van der Waals surface area contributed by atoms with E-state index in [0.29, 0.717) is 24.2 Å². The summed E-state index contributed by atoms with van der Waals surface area (Å²) >= 11 is 0. The van der Waals surface area contributed by atoms with Gasteiger partial charge in [0.25, 0.3) is 0 Å². The Balaban J connectivity index is 1.77. The average molecular weight is 286 g/mol. The maximum Gasteiger partial charge on any atom is 0.362 e. The first-order valence-corrected chi connectivity index (χ1v) is 7.05. The molecule has 0 spiro atoms. The number of benzene rings is 1. The molecule has 3 rings (SSSR count). The van der Waals surface area contributed by atoms with Crippen LogP contribution in [0.25, 0.3) is 5.69 Å². The predicted molar refractivity (Wildman–Crippen MR) is 77.7 cm³/mol. The summed E-state index contributed by atoms with van der Waals surface area (Å²) in [6.07, 6.45) is 2.81. The number of nitrogens with zero attached hydrogens (tertiary/aromatic N) is 2. The summed E-state index contributed by atoms with van der Waals surface area (Å²) in [6, 6.07) is 9.57.